The van der Waals surface area contributed by atoms with Crippen molar-refractivity contribution in [2.45, 2.75) is 0 Å². The van der Waals surface area contributed by atoms with Crippen molar-refractivity contribution >= 4 is 17.6 Å². The molecule has 1 aromatic carbocycles. The second kappa shape index (κ2) is 8.32. The topological polar surface area (TPSA) is 83.5 Å². The summed E-state index contributed by atoms with van der Waals surface area (Å²) < 4.78 is 25.2. The summed E-state index contributed by atoms with van der Waals surface area (Å²) in [5.74, 6) is -0.752. The van der Waals surface area contributed by atoms with Crippen LogP contribution in [0.1, 0.15) is 0 Å². The van der Waals surface area contributed by atoms with Gasteiger partial charge in [0.25, 0.3) is 0 Å². The van der Waals surface area contributed by atoms with Crippen LogP contribution in [0.15, 0.2) is 35.5 Å². The second-order valence-electron chi connectivity index (χ2n) is 4.76. The van der Waals surface area contributed by atoms with Gasteiger partial charge in [-0.25, -0.2) is 9.59 Å². The Kier molecular flexibility index (Phi) is 6.16. The average Bonchev–Trinajstić information content (AvgIpc) is 2.64. The molecule has 1 aromatic rings. The molecule has 1 heterocycles. The molecule has 8 nitrogen and oxygen atoms in total. The van der Waals surface area contributed by atoms with Gasteiger partial charge in [0.2, 0.25) is 0 Å². The van der Waals surface area contributed by atoms with Crippen molar-refractivity contribution < 1.29 is 33.3 Å². The number of carbonyl (C=O) groups is 2. The van der Waals surface area contributed by atoms with Crippen LogP contribution in [0.3, 0.4) is 0 Å². The minimum atomic E-state index is -0.651. The monoisotopic (exact) mass is 337 g/mol. The van der Waals surface area contributed by atoms with E-state index in [-0.39, 0.29) is 31.4 Å². The Labute approximate surface area is 139 Å². The van der Waals surface area contributed by atoms with E-state index in [2.05, 4.69) is 0 Å². The van der Waals surface area contributed by atoms with E-state index in [9.17, 15) is 9.59 Å². The Morgan fingerprint density at radius 1 is 1.17 bits per heavy atom. The number of anilines is 1. The normalized spacial score (nSPS) is 14.4. The number of benzene rings is 1. The first kappa shape index (κ1) is 17.8. The number of carbonyl (C=O) groups excluding carboxylic acids is 2. The van der Waals surface area contributed by atoms with Gasteiger partial charge in [-0.3, -0.25) is 0 Å². The fraction of sp³-hybridized carbons (Fsp3) is 0.375. The molecule has 130 valence electrons. The van der Waals surface area contributed by atoms with Crippen molar-refractivity contribution in [1.29, 1.82) is 0 Å². The summed E-state index contributed by atoms with van der Waals surface area (Å²) in [5.41, 5.74) is 0.781. The lowest BCUT2D eigenvalue weighted by Gasteiger charge is -2.31. The lowest BCUT2D eigenvalue weighted by atomic mass is 10.1. The van der Waals surface area contributed by atoms with E-state index < -0.39 is 11.9 Å². The fourth-order valence-corrected chi connectivity index (χ4v) is 2.22. The Balaban J connectivity index is 2.43. The van der Waals surface area contributed by atoms with Gasteiger partial charge >= 0.3 is 11.9 Å². The van der Waals surface area contributed by atoms with Gasteiger partial charge in [-0.2, -0.15) is 0 Å². The van der Waals surface area contributed by atoms with E-state index in [0.717, 1.165) is 0 Å². The van der Waals surface area contributed by atoms with E-state index in [1.807, 2.05) is 0 Å². The van der Waals surface area contributed by atoms with Crippen LogP contribution in [0.5, 0.6) is 5.75 Å². The zero-order valence-electron chi connectivity index (χ0n) is 13.7. The maximum absolute atomic E-state index is 12.2. The molecule has 0 saturated heterocycles. The summed E-state index contributed by atoms with van der Waals surface area (Å²) in [6, 6.07) is 6.95. The molecule has 0 spiro atoms. The second-order valence-corrected chi connectivity index (χ2v) is 4.76. The highest BCUT2D eigenvalue weighted by Crippen LogP contribution is 2.29. The highest BCUT2D eigenvalue weighted by Gasteiger charge is 2.32. The van der Waals surface area contributed by atoms with E-state index in [4.69, 9.17) is 23.7 Å². The quantitative estimate of drug-likeness (QED) is 0.563. The van der Waals surface area contributed by atoms with Gasteiger partial charge in [-0.15, -0.1) is 0 Å². The Hall–Kier alpha value is -2.58. The zero-order valence-corrected chi connectivity index (χ0v) is 13.7. The molecule has 0 amide bonds. The van der Waals surface area contributed by atoms with Crippen molar-refractivity contribution in [2.24, 2.45) is 0 Å². The highest BCUT2D eigenvalue weighted by atomic mass is 16.7. The molecule has 0 saturated carbocycles. The van der Waals surface area contributed by atoms with Crippen LogP contribution in [0.4, 0.5) is 5.69 Å². The van der Waals surface area contributed by atoms with E-state index >= 15 is 0 Å². The first-order chi connectivity index (χ1) is 11.6. The molecule has 0 fully saturated rings. The van der Waals surface area contributed by atoms with Gasteiger partial charge in [0.05, 0.1) is 26.4 Å². The first-order valence-electron chi connectivity index (χ1n) is 7.09. The molecule has 8 heteroatoms. The zero-order chi connectivity index (χ0) is 17.5. The summed E-state index contributed by atoms with van der Waals surface area (Å²) >= 11 is 0. The van der Waals surface area contributed by atoms with Crippen molar-refractivity contribution in [1.82, 2.24) is 0 Å². The number of hydrogen-bond donors (Lipinski definition) is 0. The molecule has 0 unspecified atom stereocenters. The molecule has 0 aromatic heterocycles. The number of hydrogen-bond acceptors (Lipinski definition) is 8. The van der Waals surface area contributed by atoms with Crippen LogP contribution in [0.2, 0.25) is 0 Å². The molecule has 24 heavy (non-hydrogen) atoms. The van der Waals surface area contributed by atoms with Gasteiger partial charge in [0.1, 0.15) is 18.2 Å². The molecule has 0 aliphatic carbocycles. The Morgan fingerprint density at radius 3 is 2.58 bits per heavy atom. The van der Waals surface area contributed by atoms with Crippen LogP contribution in [0.25, 0.3) is 0 Å². The molecule has 1 aliphatic rings. The summed E-state index contributed by atoms with van der Waals surface area (Å²) in [6.45, 7) is 0.138. The largest absolute Gasteiger partial charge is 0.467 e. The first-order valence-corrected chi connectivity index (χ1v) is 7.09. The molecule has 0 N–H and O–H groups in total. The van der Waals surface area contributed by atoms with Crippen LogP contribution in [0, 0.1) is 0 Å². The predicted molar refractivity (Wildman–Crippen MR) is 83.3 cm³/mol. The molecule has 2 rings (SSSR count). The lowest BCUT2D eigenvalue weighted by molar-refractivity contribution is -0.140. The molecule has 0 bridgehead atoms. The van der Waals surface area contributed by atoms with Crippen molar-refractivity contribution in [3.8, 4) is 5.75 Å². The average molecular weight is 337 g/mol. The third-order valence-electron chi connectivity index (χ3n) is 3.31. The Bertz CT molecular complexity index is 641. The predicted octanol–water partition coefficient (Wildman–Crippen LogP) is 1.06. The SMILES string of the molecule is COCOc1cccc(N2COCC(C(=O)OC)=C2C(=O)OC)c1. The van der Waals surface area contributed by atoms with Crippen LogP contribution >= 0.6 is 0 Å². The summed E-state index contributed by atoms with van der Waals surface area (Å²) in [6.07, 6.45) is 0. The Morgan fingerprint density at radius 2 is 1.92 bits per heavy atom. The number of ether oxygens (including phenoxy) is 5. The van der Waals surface area contributed by atoms with Gasteiger partial charge < -0.3 is 28.6 Å². The van der Waals surface area contributed by atoms with Crippen LogP contribution in [-0.2, 0) is 28.5 Å². The highest BCUT2D eigenvalue weighted by molar-refractivity contribution is 6.03. The molecular formula is C16H19NO7. The minimum Gasteiger partial charge on any atom is -0.467 e. The fourth-order valence-electron chi connectivity index (χ4n) is 2.22. The summed E-state index contributed by atoms with van der Waals surface area (Å²) in [5, 5.41) is 0. The van der Waals surface area contributed by atoms with Crippen molar-refractivity contribution in [3.63, 3.8) is 0 Å². The summed E-state index contributed by atoms with van der Waals surface area (Å²) in [4.78, 5) is 25.7. The smallest absolute Gasteiger partial charge is 0.355 e. The van der Waals surface area contributed by atoms with Gasteiger partial charge in [0, 0.05) is 18.9 Å². The number of methoxy groups -OCH3 is 3. The maximum Gasteiger partial charge on any atom is 0.355 e. The van der Waals surface area contributed by atoms with E-state index in [1.165, 1.54) is 26.2 Å². The maximum atomic E-state index is 12.2. The molecule has 0 atom stereocenters. The third-order valence-corrected chi connectivity index (χ3v) is 3.31. The number of esters is 2. The molecule has 1 aliphatic heterocycles. The van der Waals surface area contributed by atoms with Gasteiger partial charge in [-0.1, -0.05) is 6.07 Å². The van der Waals surface area contributed by atoms with Crippen LogP contribution < -0.4 is 9.64 Å². The molecule has 0 radical (unpaired) electrons. The standard InChI is InChI=1S/C16H19NO7/c1-20-10-24-12-6-4-5-11(7-12)17-9-23-8-13(15(18)21-2)14(17)16(19)22-3/h4-7H,8-10H2,1-3H3. The van der Waals surface area contributed by atoms with E-state index in [0.29, 0.717) is 11.4 Å². The summed E-state index contributed by atoms with van der Waals surface area (Å²) in [7, 11) is 4.00. The minimum absolute atomic E-state index is 0.0343. The molecular weight excluding hydrogens is 318 g/mol. The van der Waals surface area contributed by atoms with E-state index in [1.54, 1.807) is 24.3 Å². The van der Waals surface area contributed by atoms with Gasteiger partial charge in [0.15, 0.2) is 6.79 Å². The van der Waals surface area contributed by atoms with Crippen molar-refractivity contribution in [3.05, 3.63) is 35.5 Å². The third kappa shape index (κ3) is 3.84. The van der Waals surface area contributed by atoms with Crippen LogP contribution in [-0.4, -0.2) is 53.4 Å². The lowest BCUT2D eigenvalue weighted by Crippen LogP contribution is -2.38. The number of rotatable bonds is 6. The van der Waals surface area contributed by atoms with Crippen molar-refractivity contribution in [2.75, 3.05) is 46.4 Å². The number of nitrogens with zero attached hydrogens (tertiary/aromatic N) is 1. The van der Waals surface area contributed by atoms with Gasteiger partial charge in [-0.05, 0) is 12.1 Å².